The molecule has 1 amide bonds. The van der Waals surface area contributed by atoms with Crippen LogP contribution >= 0.6 is 24.8 Å². The molecule has 0 bridgehead atoms. The number of amides is 1. The van der Waals surface area contributed by atoms with Crippen LogP contribution in [0, 0.1) is 5.92 Å². The minimum absolute atomic E-state index is 0. The van der Waals surface area contributed by atoms with Crippen LogP contribution in [0.4, 0.5) is 17.1 Å². The number of carbonyl (C=O) groups excluding carboxylic acids is 1. The van der Waals surface area contributed by atoms with Crippen LogP contribution in [0.2, 0.25) is 0 Å². The number of aromatic nitrogens is 1. The Bertz CT molecular complexity index is 909. The maximum absolute atomic E-state index is 12.9. The molecule has 1 saturated heterocycles. The van der Waals surface area contributed by atoms with Crippen molar-refractivity contribution >= 4 is 47.8 Å². The molecule has 0 radical (unpaired) electrons. The van der Waals surface area contributed by atoms with Crippen molar-refractivity contribution in [1.82, 2.24) is 10.3 Å². The van der Waals surface area contributed by atoms with Gasteiger partial charge in [0.1, 0.15) is 0 Å². The van der Waals surface area contributed by atoms with E-state index in [1.807, 2.05) is 54.6 Å². The van der Waals surface area contributed by atoms with Crippen LogP contribution < -0.4 is 16.0 Å². The molecule has 1 aromatic heterocycles. The van der Waals surface area contributed by atoms with Gasteiger partial charge in [-0.15, -0.1) is 24.8 Å². The molecule has 0 unspecified atom stereocenters. The van der Waals surface area contributed by atoms with Gasteiger partial charge >= 0.3 is 0 Å². The third-order valence-electron chi connectivity index (χ3n) is 4.86. The van der Waals surface area contributed by atoms with Crippen molar-refractivity contribution in [3.8, 4) is 0 Å². The third kappa shape index (κ3) is 5.70. The number of pyridine rings is 1. The second-order valence-corrected chi connectivity index (χ2v) is 6.72. The Kier molecular flexibility index (Phi) is 8.46. The van der Waals surface area contributed by atoms with Crippen molar-refractivity contribution in [2.24, 2.45) is 5.92 Å². The summed E-state index contributed by atoms with van der Waals surface area (Å²) in [6.45, 7) is 1.52. The molecule has 7 heteroatoms. The van der Waals surface area contributed by atoms with E-state index >= 15 is 0 Å². The molecule has 0 spiro atoms. The third-order valence-corrected chi connectivity index (χ3v) is 4.86. The molecule has 0 saturated carbocycles. The molecule has 1 aliphatic heterocycles. The molecule has 1 fully saturated rings. The highest BCUT2D eigenvalue weighted by atomic mass is 35.5. The van der Waals surface area contributed by atoms with Gasteiger partial charge < -0.3 is 16.0 Å². The summed E-state index contributed by atoms with van der Waals surface area (Å²) in [6.07, 6.45) is 3.50. The lowest BCUT2D eigenvalue weighted by atomic mass is 9.88. The average Bonchev–Trinajstić information content (AvgIpc) is 3.20. The predicted molar refractivity (Wildman–Crippen MR) is 123 cm³/mol. The normalized spacial score (nSPS) is 17.5. The van der Waals surface area contributed by atoms with Gasteiger partial charge in [0.15, 0.2) is 0 Å². The van der Waals surface area contributed by atoms with E-state index in [0.29, 0.717) is 6.54 Å². The zero-order chi connectivity index (χ0) is 18.5. The summed E-state index contributed by atoms with van der Waals surface area (Å²) in [5, 5.41) is 9.72. The van der Waals surface area contributed by atoms with Crippen LogP contribution in [0.5, 0.6) is 0 Å². The number of nitrogens with zero attached hydrogens (tertiary/aromatic N) is 1. The average molecular weight is 431 g/mol. The summed E-state index contributed by atoms with van der Waals surface area (Å²) in [7, 11) is 0. The van der Waals surface area contributed by atoms with Crippen LogP contribution in [0.3, 0.4) is 0 Å². The van der Waals surface area contributed by atoms with Crippen molar-refractivity contribution in [3.63, 3.8) is 0 Å². The molecular formula is C22H24Cl2N4O. The topological polar surface area (TPSA) is 66.0 Å². The smallest absolute Gasteiger partial charge is 0.229 e. The van der Waals surface area contributed by atoms with Gasteiger partial charge in [-0.05, 0) is 35.9 Å². The van der Waals surface area contributed by atoms with Gasteiger partial charge in [-0.25, -0.2) is 0 Å². The minimum atomic E-state index is -0.0812. The van der Waals surface area contributed by atoms with Crippen LogP contribution in [-0.4, -0.2) is 24.0 Å². The lowest BCUT2D eigenvalue weighted by Crippen LogP contribution is -2.28. The molecule has 2 heterocycles. The Balaban J connectivity index is 0.00000150. The van der Waals surface area contributed by atoms with Gasteiger partial charge in [-0.1, -0.05) is 36.4 Å². The summed E-state index contributed by atoms with van der Waals surface area (Å²) < 4.78 is 0. The molecule has 2 atom stereocenters. The van der Waals surface area contributed by atoms with E-state index in [9.17, 15) is 4.79 Å². The number of hydrogen-bond acceptors (Lipinski definition) is 4. The van der Waals surface area contributed by atoms with E-state index in [0.717, 1.165) is 23.6 Å². The fourth-order valence-corrected chi connectivity index (χ4v) is 3.52. The number of hydrogen-bond donors (Lipinski definition) is 3. The van der Waals surface area contributed by atoms with Crippen LogP contribution in [0.15, 0.2) is 79.1 Å². The zero-order valence-electron chi connectivity index (χ0n) is 15.7. The number of benzene rings is 2. The highest BCUT2D eigenvalue weighted by Crippen LogP contribution is 2.29. The highest BCUT2D eigenvalue weighted by Gasteiger charge is 2.33. The first-order valence-electron chi connectivity index (χ1n) is 9.13. The molecule has 3 N–H and O–H groups in total. The Morgan fingerprint density at radius 1 is 0.897 bits per heavy atom. The first-order valence-corrected chi connectivity index (χ1v) is 9.13. The molecule has 1 aliphatic rings. The molecule has 2 aromatic carbocycles. The molecular weight excluding hydrogens is 407 g/mol. The maximum atomic E-state index is 12.9. The van der Waals surface area contributed by atoms with Crippen molar-refractivity contribution < 1.29 is 4.79 Å². The molecule has 4 rings (SSSR count). The van der Waals surface area contributed by atoms with Crippen LogP contribution in [0.25, 0.3) is 0 Å². The van der Waals surface area contributed by atoms with Gasteiger partial charge in [0.2, 0.25) is 5.91 Å². The van der Waals surface area contributed by atoms with Crippen LogP contribution in [-0.2, 0) is 4.79 Å². The van der Waals surface area contributed by atoms with Gasteiger partial charge in [0, 0.05) is 36.6 Å². The van der Waals surface area contributed by atoms with E-state index in [-0.39, 0.29) is 42.6 Å². The Morgan fingerprint density at radius 2 is 1.66 bits per heavy atom. The Labute approximate surface area is 183 Å². The molecule has 5 nitrogen and oxygen atoms in total. The van der Waals surface area contributed by atoms with Gasteiger partial charge in [0.25, 0.3) is 0 Å². The standard InChI is InChI=1S/C22H22N4O.2ClH/c27-22(21-15-24-14-20(21)16-6-2-1-3-7-16)26-18-9-4-8-17(12-18)25-19-10-5-11-23-13-19;;/h1-13,20-21,24-25H,14-15H2,(H,26,27);2*1H/t20-,21+;;/m0../s1. The fourth-order valence-electron chi connectivity index (χ4n) is 3.52. The van der Waals surface area contributed by atoms with Crippen molar-refractivity contribution in [2.45, 2.75) is 5.92 Å². The zero-order valence-corrected chi connectivity index (χ0v) is 17.4. The monoisotopic (exact) mass is 430 g/mol. The lowest BCUT2D eigenvalue weighted by molar-refractivity contribution is -0.119. The number of anilines is 3. The number of rotatable bonds is 5. The second-order valence-electron chi connectivity index (χ2n) is 6.72. The van der Waals surface area contributed by atoms with Crippen molar-refractivity contribution in [2.75, 3.05) is 23.7 Å². The number of carbonyl (C=O) groups is 1. The van der Waals surface area contributed by atoms with E-state index in [1.165, 1.54) is 5.56 Å². The van der Waals surface area contributed by atoms with Gasteiger partial charge in [0.05, 0.1) is 17.8 Å². The van der Waals surface area contributed by atoms with E-state index < -0.39 is 0 Å². The highest BCUT2D eigenvalue weighted by molar-refractivity contribution is 5.94. The second kappa shape index (κ2) is 10.8. The SMILES string of the molecule is Cl.Cl.O=C(Nc1cccc(Nc2cccnc2)c1)[C@@H]1CNC[C@H]1c1ccccc1. The number of halogens is 2. The molecule has 152 valence electrons. The maximum Gasteiger partial charge on any atom is 0.229 e. The van der Waals surface area contributed by atoms with E-state index in [2.05, 4.69) is 33.1 Å². The Hall–Kier alpha value is -2.60. The van der Waals surface area contributed by atoms with Crippen molar-refractivity contribution in [3.05, 3.63) is 84.7 Å². The fraction of sp³-hybridized carbons (Fsp3) is 0.182. The van der Waals surface area contributed by atoms with E-state index in [1.54, 1.807) is 12.4 Å². The summed E-state index contributed by atoms with van der Waals surface area (Å²) >= 11 is 0. The largest absolute Gasteiger partial charge is 0.354 e. The van der Waals surface area contributed by atoms with Crippen LogP contribution in [0.1, 0.15) is 11.5 Å². The molecule has 0 aliphatic carbocycles. The van der Waals surface area contributed by atoms with Gasteiger partial charge in [-0.2, -0.15) is 0 Å². The summed E-state index contributed by atoms with van der Waals surface area (Å²) in [4.78, 5) is 17.0. The quantitative estimate of drug-likeness (QED) is 0.552. The summed E-state index contributed by atoms with van der Waals surface area (Å²) in [5.74, 6) is 0.164. The molecule has 29 heavy (non-hydrogen) atoms. The Morgan fingerprint density at radius 3 is 2.41 bits per heavy atom. The first-order chi connectivity index (χ1) is 13.3. The lowest BCUT2D eigenvalue weighted by Gasteiger charge is -2.19. The van der Waals surface area contributed by atoms with Crippen molar-refractivity contribution in [1.29, 1.82) is 0 Å². The van der Waals surface area contributed by atoms with Gasteiger partial charge in [-0.3, -0.25) is 9.78 Å². The summed E-state index contributed by atoms with van der Waals surface area (Å²) in [5.41, 5.74) is 3.80. The van der Waals surface area contributed by atoms with E-state index in [4.69, 9.17) is 0 Å². The number of nitrogens with one attached hydrogen (secondary N) is 3. The predicted octanol–water partition coefficient (Wildman–Crippen LogP) is 4.61. The molecule has 3 aromatic rings. The minimum Gasteiger partial charge on any atom is -0.354 e. The summed E-state index contributed by atoms with van der Waals surface area (Å²) in [6, 6.07) is 21.8. The first kappa shape index (κ1) is 22.7.